The summed E-state index contributed by atoms with van der Waals surface area (Å²) in [6, 6.07) is 20.0. The molecule has 1 heterocycles. The molecule has 1 aliphatic rings. The monoisotopic (exact) mass is 342 g/mol. The molecule has 1 aliphatic heterocycles. The van der Waals surface area contributed by atoms with Crippen LogP contribution in [0.1, 0.15) is 27.8 Å². The van der Waals surface area contributed by atoms with Gasteiger partial charge >= 0.3 is 0 Å². The van der Waals surface area contributed by atoms with Gasteiger partial charge in [0.05, 0.1) is 5.69 Å². The minimum atomic E-state index is 0.255. The van der Waals surface area contributed by atoms with E-state index in [1.54, 1.807) is 24.3 Å². The van der Waals surface area contributed by atoms with E-state index in [1.807, 2.05) is 6.21 Å². The minimum absolute atomic E-state index is 0.255. The van der Waals surface area contributed by atoms with Gasteiger partial charge in [0, 0.05) is 25.0 Å². The van der Waals surface area contributed by atoms with Gasteiger partial charge in [0.15, 0.2) is 0 Å². The number of aliphatic imine (C=N–C) groups is 1. The van der Waals surface area contributed by atoms with E-state index < -0.39 is 0 Å². The summed E-state index contributed by atoms with van der Waals surface area (Å²) in [5.74, 6) is 0.255. The summed E-state index contributed by atoms with van der Waals surface area (Å²) in [5, 5.41) is 9.32. The number of phenolic OH excluding ortho intramolecular Hbond substituents is 1. The maximum Gasteiger partial charge on any atom is 0.115 e. The molecule has 0 saturated heterocycles. The molecule has 0 atom stereocenters. The standard InChI is InChI=1S/C23H22N2O/c1-16-11-19-14-25(15-20(19)12-17(16)2)22-7-3-18(4-8-22)13-24-21-5-9-23(26)10-6-21/h3-13,26H,14-15H2,1-2H3. The van der Waals surface area contributed by atoms with Gasteiger partial charge in [0.2, 0.25) is 0 Å². The van der Waals surface area contributed by atoms with Crippen molar-refractivity contribution < 1.29 is 5.11 Å². The van der Waals surface area contributed by atoms with Crippen LogP contribution in [0.15, 0.2) is 65.7 Å². The van der Waals surface area contributed by atoms with Crippen molar-refractivity contribution in [1.82, 2.24) is 0 Å². The van der Waals surface area contributed by atoms with Crippen molar-refractivity contribution in [1.29, 1.82) is 0 Å². The van der Waals surface area contributed by atoms with Gasteiger partial charge in [-0.1, -0.05) is 24.3 Å². The van der Waals surface area contributed by atoms with Crippen molar-refractivity contribution in [2.45, 2.75) is 26.9 Å². The second kappa shape index (κ2) is 6.68. The maximum atomic E-state index is 9.32. The molecular weight excluding hydrogens is 320 g/mol. The molecular formula is C23H22N2O. The number of anilines is 1. The van der Waals surface area contributed by atoms with Crippen LogP contribution in [0.2, 0.25) is 0 Å². The Morgan fingerprint density at radius 3 is 2.00 bits per heavy atom. The molecule has 4 rings (SSSR count). The van der Waals surface area contributed by atoms with Gasteiger partial charge in [0.25, 0.3) is 0 Å². The summed E-state index contributed by atoms with van der Waals surface area (Å²) in [7, 11) is 0. The van der Waals surface area contributed by atoms with Crippen LogP contribution in [0.4, 0.5) is 11.4 Å². The Balaban J connectivity index is 1.47. The van der Waals surface area contributed by atoms with E-state index in [0.717, 1.165) is 24.3 Å². The normalized spacial score (nSPS) is 13.4. The molecule has 0 amide bonds. The molecule has 0 radical (unpaired) electrons. The Morgan fingerprint density at radius 1 is 0.846 bits per heavy atom. The predicted octanol–water partition coefficient (Wildman–Crippen LogP) is 5.28. The van der Waals surface area contributed by atoms with Crippen LogP contribution >= 0.6 is 0 Å². The van der Waals surface area contributed by atoms with Crippen molar-refractivity contribution in [3.05, 3.63) is 88.5 Å². The fraction of sp³-hybridized carbons (Fsp3) is 0.174. The first-order valence-corrected chi connectivity index (χ1v) is 8.85. The number of benzene rings is 3. The molecule has 0 saturated carbocycles. The van der Waals surface area contributed by atoms with E-state index in [-0.39, 0.29) is 5.75 Å². The topological polar surface area (TPSA) is 35.8 Å². The molecule has 3 aromatic rings. The first kappa shape index (κ1) is 16.4. The number of phenols is 1. The highest BCUT2D eigenvalue weighted by atomic mass is 16.3. The lowest BCUT2D eigenvalue weighted by atomic mass is 10.0. The third kappa shape index (κ3) is 3.33. The third-order valence-corrected chi connectivity index (χ3v) is 5.01. The molecule has 3 aromatic carbocycles. The molecule has 0 bridgehead atoms. The summed E-state index contributed by atoms with van der Waals surface area (Å²) in [6.45, 7) is 6.30. The quantitative estimate of drug-likeness (QED) is 0.657. The number of rotatable bonds is 3. The van der Waals surface area contributed by atoms with Crippen molar-refractivity contribution in [3.63, 3.8) is 0 Å². The van der Waals surface area contributed by atoms with Crippen LogP contribution in [-0.2, 0) is 13.1 Å². The molecule has 0 fully saturated rings. The SMILES string of the molecule is Cc1cc2c(cc1C)CN(c1ccc(C=Nc3ccc(O)cc3)cc1)C2. The van der Waals surface area contributed by atoms with E-state index in [0.29, 0.717) is 0 Å². The third-order valence-electron chi connectivity index (χ3n) is 5.01. The zero-order valence-electron chi connectivity index (χ0n) is 15.1. The number of aromatic hydroxyl groups is 1. The smallest absolute Gasteiger partial charge is 0.115 e. The van der Waals surface area contributed by atoms with Crippen molar-refractivity contribution in [3.8, 4) is 5.75 Å². The molecule has 1 N–H and O–H groups in total. The van der Waals surface area contributed by atoms with Crippen LogP contribution in [0.3, 0.4) is 0 Å². The summed E-state index contributed by atoms with van der Waals surface area (Å²) >= 11 is 0. The molecule has 26 heavy (non-hydrogen) atoms. The van der Waals surface area contributed by atoms with Crippen molar-refractivity contribution in [2.24, 2.45) is 4.99 Å². The van der Waals surface area contributed by atoms with Crippen LogP contribution in [-0.4, -0.2) is 11.3 Å². The minimum Gasteiger partial charge on any atom is -0.508 e. The fourth-order valence-corrected chi connectivity index (χ4v) is 3.34. The number of fused-ring (bicyclic) bond motifs is 1. The average molecular weight is 342 g/mol. The maximum absolute atomic E-state index is 9.32. The van der Waals surface area contributed by atoms with Gasteiger partial charge in [0.1, 0.15) is 5.75 Å². The fourth-order valence-electron chi connectivity index (χ4n) is 3.34. The number of aryl methyl sites for hydroxylation is 2. The molecule has 0 spiro atoms. The van der Waals surface area contributed by atoms with E-state index in [1.165, 1.54) is 27.9 Å². The Bertz CT molecular complexity index is 926. The van der Waals surface area contributed by atoms with E-state index in [4.69, 9.17) is 0 Å². The Kier molecular flexibility index (Phi) is 4.21. The van der Waals surface area contributed by atoms with Crippen molar-refractivity contribution in [2.75, 3.05) is 4.90 Å². The van der Waals surface area contributed by atoms with Gasteiger partial charge in [-0.3, -0.25) is 4.99 Å². The van der Waals surface area contributed by atoms with Crippen LogP contribution in [0, 0.1) is 13.8 Å². The zero-order chi connectivity index (χ0) is 18.1. The summed E-state index contributed by atoms with van der Waals surface area (Å²) < 4.78 is 0. The highest BCUT2D eigenvalue weighted by molar-refractivity contribution is 5.82. The van der Waals surface area contributed by atoms with Gasteiger partial charge in [-0.15, -0.1) is 0 Å². The molecule has 0 aliphatic carbocycles. The Morgan fingerprint density at radius 2 is 1.42 bits per heavy atom. The van der Waals surface area contributed by atoms with Crippen LogP contribution < -0.4 is 4.90 Å². The van der Waals surface area contributed by atoms with Gasteiger partial charge < -0.3 is 10.0 Å². The highest BCUT2D eigenvalue weighted by Gasteiger charge is 2.19. The summed E-state index contributed by atoms with van der Waals surface area (Å²) in [5.41, 5.74) is 8.73. The molecule has 0 unspecified atom stereocenters. The molecule has 3 nitrogen and oxygen atoms in total. The first-order chi connectivity index (χ1) is 12.6. The second-order valence-corrected chi connectivity index (χ2v) is 6.93. The van der Waals surface area contributed by atoms with Crippen LogP contribution in [0.5, 0.6) is 5.75 Å². The van der Waals surface area contributed by atoms with Crippen LogP contribution in [0.25, 0.3) is 0 Å². The van der Waals surface area contributed by atoms with Gasteiger partial charge in [-0.25, -0.2) is 0 Å². The lowest BCUT2D eigenvalue weighted by Crippen LogP contribution is -2.14. The zero-order valence-corrected chi connectivity index (χ0v) is 15.1. The molecule has 130 valence electrons. The molecule has 0 aromatic heterocycles. The van der Waals surface area contributed by atoms with E-state index in [9.17, 15) is 5.11 Å². The summed E-state index contributed by atoms with van der Waals surface area (Å²) in [6.07, 6.45) is 1.85. The van der Waals surface area contributed by atoms with Crippen molar-refractivity contribution >= 4 is 17.6 Å². The first-order valence-electron chi connectivity index (χ1n) is 8.85. The molecule has 3 heteroatoms. The summed E-state index contributed by atoms with van der Waals surface area (Å²) in [4.78, 5) is 6.85. The number of nitrogens with zero attached hydrogens (tertiary/aromatic N) is 2. The number of hydrogen-bond acceptors (Lipinski definition) is 3. The average Bonchev–Trinajstić information content (AvgIpc) is 3.05. The van der Waals surface area contributed by atoms with E-state index in [2.05, 4.69) is 60.1 Å². The van der Waals surface area contributed by atoms with E-state index >= 15 is 0 Å². The lowest BCUT2D eigenvalue weighted by Gasteiger charge is -2.17. The Labute approximate surface area is 154 Å². The number of hydrogen-bond donors (Lipinski definition) is 1. The highest BCUT2D eigenvalue weighted by Crippen LogP contribution is 2.30. The lowest BCUT2D eigenvalue weighted by molar-refractivity contribution is 0.475. The largest absolute Gasteiger partial charge is 0.508 e. The van der Waals surface area contributed by atoms with Gasteiger partial charge in [-0.2, -0.15) is 0 Å². The van der Waals surface area contributed by atoms with Gasteiger partial charge in [-0.05, 0) is 78.1 Å². The second-order valence-electron chi connectivity index (χ2n) is 6.93. The Hall–Kier alpha value is -3.07. The predicted molar refractivity (Wildman–Crippen MR) is 108 cm³/mol.